The molecule has 0 N–H and O–H groups in total. The molecule has 2 aliphatic heterocycles. The molecule has 0 unspecified atom stereocenters. The maximum atomic E-state index is 12.8. The summed E-state index contributed by atoms with van der Waals surface area (Å²) in [6, 6.07) is 7.21. The summed E-state index contributed by atoms with van der Waals surface area (Å²) in [5.74, 6) is 1.50. The number of nitrogens with zero attached hydrogens (tertiary/aromatic N) is 2. The minimum Gasteiger partial charge on any atom is -0.497 e. The number of sulfonamides is 1. The van der Waals surface area contributed by atoms with Crippen LogP contribution in [0.15, 0.2) is 29.2 Å². The second-order valence-corrected chi connectivity index (χ2v) is 8.97. The van der Waals surface area contributed by atoms with E-state index in [-0.39, 0.29) is 12.4 Å². The third-order valence-corrected chi connectivity index (χ3v) is 7.37. The first-order chi connectivity index (χ1) is 11.5. The molecule has 0 aliphatic carbocycles. The van der Waals surface area contributed by atoms with Crippen LogP contribution in [0.2, 0.25) is 0 Å². The molecule has 25 heavy (non-hydrogen) atoms. The van der Waals surface area contributed by atoms with Crippen molar-refractivity contribution in [1.29, 1.82) is 0 Å². The van der Waals surface area contributed by atoms with Gasteiger partial charge in [-0.25, -0.2) is 8.42 Å². The van der Waals surface area contributed by atoms with E-state index in [4.69, 9.17) is 4.74 Å². The van der Waals surface area contributed by atoms with Crippen molar-refractivity contribution < 1.29 is 13.2 Å². The first-order valence-corrected chi connectivity index (χ1v) is 10.3. The number of methoxy groups -OCH3 is 1. The number of rotatable bonds is 4. The van der Waals surface area contributed by atoms with Crippen molar-refractivity contribution in [2.24, 2.45) is 5.92 Å². The van der Waals surface area contributed by atoms with E-state index in [0.29, 0.717) is 29.8 Å². The molecule has 3 rings (SSSR count). The Bertz CT molecular complexity index is 635. The number of hydrogen-bond acceptors (Lipinski definition) is 4. The predicted molar refractivity (Wildman–Crippen MR) is 102 cm³/mol. The highest BCUT2D eigenvalue weighted by Gasteiger charge is 2.32. The van der Waals surface area contributed by atoms with E-state index in [2.05, 4.69) is 11.8 Å². The molecule has 7 heteroatoms. The van der Waals surface area contributed by atoms with Gasteiger partial charge in [0.15, 0.2) is 0 Å². The molecule has 0 atom stereocenters. The zero-order valence-electron chi connectivity index (χ0n) is 15.1. The van der Waals surface area contributed by atoms with Gasteiger partial charge in [0.25, 0.3) is 0 Å². The van der Waals surface area contributed by atoms with Crippen molar-refractivity contribution in [1.82, 2.24) is 9.21 Å². The minimum absolute atomic E-state index is 0. The van der Waals surface area contributed by atoms with Crippen LogP contribution >= 0.6 is 12.4 Å². The topological polar surface area (TPSA) is 49.9 Å². The molecule has 1 aromatic carbocycles. The van der Waals surface area contributed by atoms with Crippen LogP contribution in [-0.2, 0) is 10.0 Å². The van der Waals surface area contributed by atoms with Crippen molar-refractivity contribution in [2.45, 2.75) is 43.5 Å². The summed E-state index contributed by atoms with van der Waals surface area (Å²) in [5.41, 5.74) is 0. The maximum Gasteiger partial charge on any atom is 0.243 e. The molecular weight excluding hydrogens is 360 g/mol. The number of halogens is 1. The highest BCUT2D eigenvalue weighted by atomic mass is 35.5. The van der Waals surface area contributed by atoms with Gasteiger partial charge in [-0.05, 0) is 69.0 Å². The fourth-order valence-corrected chi connectivity index (χ4v) is 5.21. The van der Waals surface area contributed by atoms with Gasteiger partial charge in [0, 0.05) is 19.1 Å². The van der Waals surface area contributed by atoms with Crippen LogP contribution in [0.25, 0.3) is 0 Å². The lowest BCUT2D eigenvalue weighted by Gasteiger charge is -2.41. The largest absolute Gasteiger partial charge is 0.497 e. The SMILES string of the molecule is COc1ccc(S(=O)(=O)N2CCC(N3CCC(C)CC3)CC2)cc1.Cl. The van der Waals surface area contributed by atoms with Gasteiger partial charge in [-0.15, -0.1) is 12.4 Å². The number of ether oxygens (including phenoxy) is 1. The minimum atomic E-state index is -3.39. The molecule has 0 saturated carbocycles. The average Bonchev–Trinajstić information content (AvgIpc) is 2.62. The normalized spacial score (nSPS) is 21.7. The number of hydrogen-bond donors (Lipinski definition) is 0. The van der Waals surface area contributed by atoms with Crippen molar-refractivity contribution in [2.75, 3.05) is 33.3 Å². The molecule has 142 valence electrons. The Morgan fingerprint density at radius 1 is 0.960 bits per heavy atom. The highest BCUT2D eigenvalue weighted by Crippen LogP contribution is 2.27. The first kappa shape index (κ1) is 20.5. The van der Waals surface area contributed by atoms with Crippen LogP contribution < -0.4 is 4.74 Å². The van der Waals surface area contributed by atoms with Crippen LogP contribution in [0.3, 0.4) is 0 Å². The van der Waals surface area contributed by atoms with E-state index in [1.807, 2.05) is 0 Å². The molecule has 0 bridgehead atoms. The van der Waals surface area contributed by atoms with Gasteiger partial charge in [0.05, 0.1) is 12.0 Å². The zero-order chi connectivity index (χ0) is 17.2. The highest BCUT2D eigenvalue weighted by molar-refractivity contribution is 7.89. The van der Waals surface area contributed by atoms with Crippen LogP contribution in [0, 0.1) is 5.92 Å². The number of piperidine rings is 2. The maximum absolute atomic E-state index is 12.8. The van der Waals surface area contributed by atoms with Gasteiger partial charge in [0.1, 0.15) is 5.75 Å². The zero-order valence-corrected chi connectivity index (χ0v) is 16.7. The first-order valence-electron chi connectivity index (χ1n) is 8.89. The van der Waals surface area contributed by atoms with Gasteiger partial charge >= 0.3 is 0 Å². The van der Waals surface area contributed by atoms with Gasteiger partial charge in [0.2, 0.25) is 10.0 Å². The third-order valence-electron chi connectivity index (χ3n) is 5.46. The number of benzene rings is 1. The second-order valence-electron chi connectivity index (χ2n) is 7.03. The van der Waals surface area contributed by atoms with Crippen LogP contribution in [0.4, 0.5) is 0 Å². The Morgan fingerprint density at radius 3 is 2.04 bits per heavy atom. The fraction of sp³-hybridized carbons (Fsp3) is 0.667. The van der Waals surface area contributed by atoms with E-state index in [9.17, 15) is 8.42 Å². The summed E-state index contributed by atoms with van der Waals surface area (Å²) in [6.45, 7) is 5.88. The summed E-state index contributed by atoms with van der Waals surface area (Å²) in [4.78, 5) is 2.92. The molecule has 1 aromatic rings. The van der Waals surface area contributed by atoms with Crippen molar-refractivity contribution in [3.63, 3.8) is 0 Å². The summed E-state index contributed by atoms with van der Waals surface area (Å²) >= 11 is 0. The summed E-state index contributed by atoms with van der Waals surface area (Å²) in [6.07, 6.45) is 4.41. The van der Waals surface area contributed by atoms with E-state index in [1.54, 1.807) is 35.7 Å². The van der Waals surface area contributed by atoms with Crippen molar-refractivity contribution in [3.05, 3.63) is 24.3 Å². The van der Waals surface area contributed by atoms with Gasteiger partial charge in [-0.2, -0.15) is 4.31 Å². The Hall–Kier alpha value is -0.820. The second kappa shape index (κ2) is 8.71. The lowest BCUT2D eigenvalue weighted by atomic mass is 9.95. The molecule has 0 spiro atoms. The molecule has 2 fully saturated rings. The Balaban J connectivity index is 0.00000225. The van der Waals surface area contributed by atoms with Crippen molar-refractivity contribution in [3.8, 4) is 5.75 Å². The van der Waals surface area contributed by atoms with Gasteiger partial charge in [-0.3, -0.25) is 0 Å². The number of likely N-dealkylation sites (tertiary alicyclic amines) is 1. The lowest BCUT2D eigenvalue weighted by molar-refractivity contribution is 0.101. The smallest absolute Gasteiger partial charge is 0.243 e. The molecular formula is C18H29ClN2O3S. The van der Waals surface area contributed by atoms with E-state index in [0.717, 1.165) is 31.8 Å². The standard InChI is InChI=1S/C18H28N2O3S.ClH/c1-15-7-11-19(12-8-15)16-9-13-20(14-10-16)24(21,22)18-5-3-17(23-2)4-6-18;/h3-6,15-16H,7-14H2,1-2H3;1H. The Morgan fingerprint density at radius 2 is 1.52 bits per heavy atom. The van der Waals surface area contributed by atoms with Crippen LogP contribution in [0.1, 0.15) is 32.6 Å². The van der Waals surface area contributed by atoms with E-state index in [1.165, 1.54) is 12.8 Å². The van der Waals surface area contributed by atoms with Crippen LogP contribution in [-0.4, -0.2) is 57.0 Å². The molecule has 2 aliphatic rings. The lowest BCUT2D eigenvalue weighted by Crippen LogP contribution is -2.48. The Kier molecular flexibility index (Phi) is 7.14. The van der Waals surface area contributed by atoms with Crippen molar-refractivity contribution >= 4 is 22.4 Å². The summed E-state index contributed by atoms with van der Waals surface area (Å²) < 4.78 is 32.3. The quantitative estimate of drug-likeness (QED) is 0.795. The molecule has 0 radical (unpaired) electrons. The monoisotopic (exact) mass is 388 g/mol. The van der Waals surface area contributed by atoms with Gasteiger partial charge in [-0.1, -0.05) is 6.92 Å². The summed E-state index contributed by atoms with van der Waals surface area (Å²) in [5, 5.41) is 0. The van der Waals surface area contributed by atoms with Crippen LogP contribution in [0.5, 0.6) is 5.75 Å². The van der Waals surface area contributed by atoms with Gasteiger partial charge < -0.3 is 9.64 Å². The molecule has 0 aromatic heterocycles. The van der Waals surface area contributed by atoms with E-state index < -0.39 is 10.0 Å². The molecule has 2 saturated heterocycles. The molecule has 2 heterocycles. The summed E-state index contributed by atoms with van der Waals surface area (Å²) in [7, 11) is -1.81. The third kappa shape index (κ3) is 4.67. The van der Waals surface area contributed by atoms with E-state index >= 15 is 0 Å². The fourth-order valence-electron chi connectivity index (χ4n) is 3.74. The average molecular weight is 389 g/mol. The Labute approximate surface area is 157 Å². The predicted octanol–water partition coefficient (Wildman–Crippen LogP) is 3.00. The molecule has 0 amide bonds. The molecule has 5 nitrogen and oxygen atoms in total.